The minimum atomic E-state index is -5.48. The molecule has 2 amide bonds. The van der Waals surface area contributed by atoms with Gasteiger partial charge in [0, 0.05) is 24.7 Å². The van der Waals surface area contributed by atoms with Crippen molar-refractivity contribution in [1.82, 2.24) is 9.62 Å². The molecule has 2 aromatic rings. The Balaban J connectivity index is 1.85. The highest BCUT2D eigenvalue weighted by atomic mass is 32.2. The maximum absolute atomic E-state index is 15.0. The van der Waals surface area contributed by atoms with Gasteiger partial charge in [0.25, 0.3) is 5.91 Å². The van der Waals surface area contributed by atoms with Crippen molar-refractivity contribution in [1.29, 1.82) is 0 Å². The van der Waals surface area contributed by atoms with Gasteiger partial charge in [-0.05, 0) is 41.7 Å². The molecule has 1 atom stereocenters. The first-order chi connectivity index (χ1) is 17.6. The van der Waals surface area contributed by atoms with Crippen molar-refractivity contribution in [3.63, 3.8) is 0 Å². The lowest BCUT2D eigenvalue weighted by Crippen LogP contribution is -2.66. The molecule has 0 fully saturated rings. The number of halogens is 3. The maximum Gasteiger partial charge on any atom is 0.421 e. The van der Waals surface area contributed by atoms with Gasteiger partial charge in [0.05, 0.1) is 17.0 Å². The van der Waals surface area contributed by atoms with Gasteiger partial charge in [-0.3, -0.25) is 14.4 Å². The van der Waals surface area contributed by atoms with Crippen LogP contribution in [0, 0.1) is 5.41 Å². The summed E-state index contributed by atoms with van der Waals surface area (Å²) in [5.41, 5.74) is -4.82. The lowest BCUT2D eigenvalue weighted by atomic mass is 9.72. The third kappa shape index (κ3) is 4.85. The minimum Gasteiger partial charge on any atom is -0.326 e. The highest BCUT2D eigenvalue weighted by Crippen LogP contribution is 2.52. The smallest absolute Gasteiger partial charge is 0.326 e. The number of Topliss-reactive ketones (excluding diaryl/α,β-unsaturated/α-hetero) is 1. The molecule has 12 heteroatoms. The topological polar surface area (TPSA) is 113 Å². The molecule has 0 bridgehead atoms. The van der Waals surface area contributed by atoms with Crippen LogP contribution < -0.4 is 10.0 Å². The van der Waals surface area contributed by atoms with Gasteiger partial charge in [0.1, 0.15) is 0 Å². The number of rotatable bonds is 6. The van der Waals surface area contributed by atoms with Crippen LogP contribution in [0.25, 0.3) is 0 Å². The van der Waals surface area contributed by atoms with Crippen molar-refractivity contribution < 1.29 is 36.0 Å². The van der Waals surface area contributed by atoms with Crippen LogP contribution in [0.5, 0.6) is 0 Å². The van der Waals surface area contributed by atoms with E-state index in [1.807, 2.05) is 0 Å². The van der Waals surface area contributed by atoms with Crippen molar-refractivity contribution >= 4 is 33.3 Å². The summed E-state index contributed by atoms with van der Waals surface area (Å²) in [6.07, 6.45) is -5.79. The number of hydrogen-bond donors (Lipinski definition) is 2. The molecule has 1 heterocycles. The molecule has 0 radical (unpaired) electrons. The number of alkyl halides is 3. The van der Waals surface area contributed by atoms with E-state index in [0.717, 1.165) is 17.0 Å². The SMILES string of the molecule is CC(=O)Nc1ccc(S(=O)(=O)N[C@@]2(C(F)(F)F)C(=O)N(Cc3ccccc3)C3=C2C(=O)CC(C)(C)C3)cc1. The molecule has 1 aliphatic heterocycles. The first-order valence-corrected chi connectivity index (χ1v) is 13.2. The zero-order chi connectivity index (χ0) is 28.1. The third-order valence-electron chi connectivity index (χ3n) is 6.50. The quantitative estimate of drug-likeness (QED) is 0.568. The third-order valence-corrected chi connectivity index (χ3v) is 7.97. The molecule has 0 spiro atoms. The lowest BCUT2D eigenvalue weighted by molar-refractivity contribution is -0.189. The van der Waals surface area contributed by atoms with Gasteiger partial charge in [-0.25, -0.2) is 8.42 Å². The van der Waals surface area contributed by atoms with E-state index in [9.17, 15) is 36.0 Å². The summed E-state index contributed by atoms with van der Waals surface area (Å²) in [6, 6.07) is 12.7. The molecular weight excluding hydrogens is 523 g/mol. The Hall–Kier alpha value is -3.51. The summed E-state index contributed by atoms with van der Waals surface area (Å²) >= 11 is 0. The van der Waals surface area contributed by atoms with Gasteiger partial charge in [-0.1, -0.05) is 44.2 Å². The van der Waals surface area contributed by atoms with Gasteiger partial charge in [-0.2, -0.15) is 17.9 Å². The van der Waals surface area contributed by atoms with Gasteiger partial charge in [-0.15, -0.1) is 0 Å². The molecule has 2 aliphatic rings. The summed E-state index contributed by atoms with van der Waals surface area (Å²) in [4.78, 5) is 38.5. The number of anilines is 1. The van der Waals surface area contributed by atoms with E-state index in [-0.39, 0.29) is 30.8 Å². The second kappa shape index (κ2) is 9.35. The van der Waals surface area contributed by atoms with E-state index in [1.54, 1.807) is 48.9 Å². The number of sulfonamides is 1. The number of carbonyl (C=O) groups excluding carboxylic acids is 3. The molecule has 202 valence electrons. The first kappa shape index (κ1) is 27.5. The highest BCUT2D eigenvalue weighted by molar-refractivity contribution is 7.89. The molecule has 0 saturated heterocycles. The number of allylic oxidation sites excluding steroid dienone is 1. The Kier molecular flexibility index (Phi) is 6.77. The van der Waals surface area contributed by atoms with Gasteiger partial charge in [0.15, 0.2) is 5.78 Å². The average molecular weight is 550 g/mol. The minimum absolute atomic E-state index is 0.0301. The normalized spacial score (nSPS) is 21.5. The average Bonchev–Trinajstić information content (AvgIpc) is 3.02. The summed E-state index contributed by atoms with van der Waals surface area (Å²) in [6.45, 7) is 4.37. The number of benzene rings is 2. The van der Waals surface area contributed by atoms with Crippen LogP contribution in [0.2, 0.25) is 0 Å². The predicted octanol–water partition coefficient (Wildman–Crippen LogP) is 3.91. The highest BCUT2D eigenvalue weighted by Gasteiger charge is 2.72. The molecule has 38 heavy (non-hydrogen) atoms. The monoisotopic (exact) mass is 549 g/mol. The maximum atomic E-state index is 15.0. The lowest BCUT2D eigenvalue weighted by Gasteiger charge is -2.35. The van der Waals surface area contributed by atoms with Crippen molar-refractivity contribution in [3.05, 3.63) is 71.4 Å². The van der Waals surface area contributed by atoms with E-state index in [2.05, 4.69) is 5.32 Å². The zero-order valence-electron chi connectivity index (χ0n) is 20.8. The van der Waals surface area contributed by atoms with Crippen LogP contribution in [0.1, 0.15) is 39.2 Å². The van der Waals surface area contributed by atoms with Crippen molar-refractivity contribution in [2.75, 3.05) is 5.32 Å². The van der Waals surface area contributed by atoms with Crippen LogP contribution in [0.15, 0.2) is 70.8 Å². The van der Waals surface area contributed by atoms with Crippen LogP contribution in [-0.4, -0.2) is 42.6 Å². The fraction of sp³-hybridized carbons (Fsp3) is 0.346. The van der Waals surface area contributed by atoms with Crippen molar-refractivity contribution in [2.45, 2.75) is 56.8 Å². The molecule has 8 nitrogen and oxygen atoms in total. The number of ketones is 1. The van der Waals surface area contributed by atoms with Crippen LogP contribution in [0.4, 0.5) is 18.9 Å². The van der Waals surface area contributed by atoms with Crippen LogP contribution in [-0.2, 0) is 31.0 Å². The Morgan fingerprint density at radius 1 is 1.00 bits per heavy atom. The largest absolute Gasteiger partial charge is 0.421 e. The molecule has 0 aromatic heterocycles. The predicted molar refractivity (Wildman–Crippen MR) is 132 cm³/mol. The molecule has 2 N–H and O–H groups in total. The van der Waals surface area contributed by atoms with E-state index in [1.165, 1.54) is 19.1 Å². The zero-order valence-corrected chi connectivity index (χ0v) is 21.7. The Morgan fingerprint density at radius 3 is 2.16 bits per heavy atom. The Morgan fingerprint density at radius 2 is 1.61 bits per heavy atom. The van der Waals surface area contributed by atoms with Gasteiger partial charge >= 0.3 is 6.18 Å². The number of hydrogen-bond acceptors (Lipinski definition) is 5. The van der Waals surface area contributed by atoms with E-state index >= 15 is 0 Å². The summed E-state index contributed by atoms with van der Waals surface area (Å²) in [7, 11) is -4.98. The summed E-state index contributed by atoms with van der Waals surface area (Å²) < 4.78 is 73.1. The molecule has 4 rings (SSSR count). The molecular formula is C26H26F3N3O5S. The van der Waals surface area contributed by atoms with Gasteiger partial charge < -0.3 is 10.2 Å². The van der Waals surface area contributed by atoms with Crippen LogP contribution in [0.3, 0.4) is 0 Å². The Bertz CT molecular complexity index is 1430. The standard InChI is InChI=1S/C26H26F3N3O5S/c1-16(33)30-18-9-11-19(12-10-18)38(36,37)31-25(26(27,28)29)22-20(13-24(2,3)14-21(22)34)32(23(25)35)15-17-7-5-4-6-8-17/h4-12,31H,13-15H2,1-3H3,(H,30,33)/t25-/m1/s1. The second-order valence-corrected chi connectivity index (χ2v) is 11.9. The Labute approximate surface area is 217 Å². The van der Waals surface area contributed by atoms with E-state index < -0.39 is 55.2 Å². The first-order valence-electron chi connectivity index (χ1n) is 11.7. The number of nitrogens with one attached hydrogen (secondary N) is 2. The molecule has 2 aromatic carbocycles. The number of amides is 2. The molecule has 1 aliphatic carbocycles. The van der Waals surface area contributed by atoms with Gasteiger partial charge in [0.2, 0.25) is 21.5 Å². The fourth-order valence-corrected chi connectivity index (χ4v) is 6.23. The number of carbonyl (C=O) groups is 3. The number of nitrogens with zero attached hydrogens (tertiary/aromatic N) is 1. The van der Waals surface area contributed by atoms with E-state index in [4.69, 9.17) is 0 Å². The van der Waals surface area contributed by atoms with Crippen molar-refractivity contribution in [3.8, 4) is 0 Å². The summed E-state index contributed by atoms with van der Waals surface area (Å²) in [5, 5.41) is 2.43. The van der Waals surface area contributed by atoms with Crippen molar-refractivity contribution in [2.24, 2.45) is 5.41 Å². The molecule has 0 saturated carbocycles. The second-order valence-electron chi connectivity index (χ2n) is 10.2. The molecule has 0 unspecified atom stereocenters. The fourth-order valence-electron chi connectivity index (χ4n) is 4.91. The van der Waals surface area contributed by atoms with Crippen LogP contribution >= 0.6 is 0 Å². The summed E-state index contributed by atoms with van der Waals surface area (Å²) in [5.74, 6) is -2.95. The van der Waals surface area contributed by atoms with E-state index in [0.29, 0.717) is 5.56 Å².